The summed E-state index contributed by atoms with van der Waals surface area (Å²) in [6, 6.07) is 8.63. The first-order valence-corrected chi connectivity index (χ1v) is 9.70. The molecular weight excluding hydrogens is 292 g/mol. The van der Waals surface area contributed by atoms with Gasteiger partial charge in [0, 0.05) is 31.1 Å². The highest BCUT2D eigenvalue weighted by Gasteiger charge is 2.37. The van der Waals surface area contributed by atoms with Gasteiger partial charge in [-0.15, -0.1) is 11.8 Å². The van der Waals surface area contributed by atoms with Gasteiger partial charge in [0.15, 0.2) is 0 Å². The molecule has 2 aliphatic heterocycles. The Bertz CT molecular complexity index is 490. The van der Waals surface area contributed by atoms with Crippen LogP contribution < -0.4 is 0 Å². The summed E-state index contributed by atoms with van der Waals surface area (Å²) >= 11 is 1.81. The minimum atomic E-state index is -0.508. The van der Waals surface area contributed by atoms with Crippen molar-refractivity contribution in [3.05, 3.63) is 29.8 Å². The summed E-state index contributed by atoms with van der Waals surface area (Å²) < 4.78 is 0. The minimum absolute atomic E-state index is 0.508. The Morgan fingerprint density at radius 1 is 1.09 bits per heavy atom. The molecule has 0 amide bonds. The molecule has 2 fully saturated rings. The Morgan fingerprint density at radius 3 is 2.64 bits per heavy atom. The van der Waals surface area contributed by atoms with Crippen LogP contribution in [0.2, 0.25) is 0 Å². The van der Waals surface area contributed by atoms with Gasteiger partial charge in [0.1, 0.15) is 0 Å². The third-order valence-corrected chi connectivity index (χ3v) is 5.80. The van der Waals surface area contributed by atoms with Crippen molar-refractivity contribution < 1.29 is 5.11 Å². The molecule has 0 saturated carbocycles. The molecule has 3 nitrogen and oxygen atoms in total. The van der Waals surface area contributed by atoms with Crippen LogP contribution in [-0.4, -0.2) is 59.5 Å². The van der Waals surface area contributed by atoms with E-state index in [1.807, 2.05) is 11.8 Å². The number of hydrogen-bond donors (Lipinski definition) is 1. The van der Waals surface area contributed by atoms with E-state index in [0.29, 0.717) is 0 Å². The second-order valence-electron chi connectivity index (χ2n) is 6.83. The smallest absolute Gasteiger partial charge is 0.0912 e. The number of benzene rings is 1. The highest BCUT2D eigenvalue weighted by atomic mass is 32.2. The van der Waals surface area contributed by atoms with E-state index in [1.54, 1.807) is 0 Å². The molecule has 1 aromatic carbocycles. The Hall–Kier alpha value is -0.550. The molecule has 4 heteroatoms. The van der Waals surface area contributed by atoms with Crippen LogP contribution in [0.25, 0.3) is 0 Å². The first-order valence-electron chi connectivity index (χ1n) is 8.47. The van der Waals surface area contributed by atoms with Gasteiger partial charge in [0.2, 0.25) is 0 Å². The highest BCUT2D eigenvalue weighted by Crippen LogP contribution is 2.27. The highest BCUT2D eigenvalue weighted by molar-refractivity contribution is 7.98. The summed E-state index contributed by atoms with van der Waals surface area (Å²) in [4.78, 5) is 6.23. The fourth-order valence-electron chi connectivity index (χ4n) is 3.81. The van der Waals surface area contributed by atoms with E-state index in [-0.39, 0.29) is 0 Å². The summed E-state index contributed by atoms with van der Waals surface area (Å²) in [5.41, 5.74) is 0.878. The Labute approximate surface area is 138 Å². The van der Waals surface area contributed by atoms with Gasteiger partial charge < -0.3 is 10.0 Å². The monoisotopic (exact) mass is 320 g/mol. The Kier molecular flexibility index (Phi) is 5.45. The molecule has 22 heavy (non-hydrogen) atoms. The summed E-state index contributed by atoms with van der Waals surface area (Å²) in [5.74, 6) is 0. The van der Waals surface area contributed by atoms with Crippen LogP contribution in [0.4, 0.5) is 0 Å². The molecule has 122 valence electrons. The lowest BCUT2D eigenvalue weighted by Crippen LogP contribution is -2.46. The van der Waals surface area contributed by atoms with Gasteiger partial charge in [-0.25, -0.2) is 0 Å². The predicted octanol–water partition coefficient (Wildman–Crippen LogP) is 2.83. The molecule has 1 aromatic rings. The molecule has 1 unspecified atom stereocenters. The maximum Gasteiger partial charge on any atom is 0.0912 e. The number of hydrogen-bond acceptors (Lipinski definition) is 4. The summed E-state index contributed by atoms with van der Waals surface area (Å²) in [7, 11) is 0. The van der Waals surface area contributed by atoms with Crippen LogP contribution in [0.5, 0.6) is 0 Å². The van der Waals surface area contributed by atoms with Gasteiger partial charge in [0.25, 0.3) is 0 Å². The van der Waals surface area contributed by atoms with Crippen molar-refractivity contribution >= 4 is 11.8 Å². The largest absolute Gasteiger partial charge is 0.387 e. The van der Waals surface area contributed by atoms with Gasteiger partial charge in [-0.05, 0) is 50.2 Å². The summed E-state index contributed by atoms with van der Waals surface area (Å²) in [6.07, 6.45) is 6.98. The fraction of sp³-hybridized carbons (Fsp3) is 0.667. The molecule has 2 heterocycles. The van der Waals surface area contributed by atoms with Crippen molar-refractivity contribution in [2.45, 2.75) is 42.7 Å². The average Bonchev–Trinajstić information content (AvgIpc) is 2.89. The van der Waals surface area contributed by atoms with Crippen molar-refractivity contribution in [3.8, 4) is 0 Å². The SMILES string of the molecule is CSc1ccccc1CN1CCC(O)(CN2CCCCC2)C1. The van der Waals surface area contributed by atoms with Crippen molar-refractivity contribution in [3.63, 3.8) is 0 Å². The topological polar surface area (TPSA) is 26.7 Å². The quantitative estimate of drug-likeness (QED) is 0.844. The number of rotatable bonds is 5. The van der Waals surface area contributed by atoms with Gasteiger partial charge in [-0.2, -0.15) is 0 Å². The Balaban J connectivity index is 1.57. The van der Waals surface area contributed by atoms with E-state index in [1.165, 1.54) is 29.7 Å². The molecule has 0 radical (unpaired) electrons. The van der Waals surface area contributed by atoms with Crippen LogP contribution in [-0.2, 0) is 6.54 Å². The standard InChI is InChI=1S/C18H28N2OS/c1-22-17-8-4-3-7-16(17)13-20-12-9-18(21,15-20)14-19-10-5-2-6-11-19/h3-4,7-8,21H,2,5-6,9-15H2,1H3. The molecule has 0 aromatic heterocycles. The second kappa shape index (κ2) is 7.35. The summed E-state index contributed by atoms with van der Waals surface area (Å²) in [6.45, 7) is 5.96. The van der Waals surface area contributed by atoms with Crippen molar-refractivity contribution in [2.75, 3.05) is 39.0 Å². The van der Waals surface area contributed by atoms with Crippen LogP contribution in [0.1, 0.15) is 31.2 Å². The number of nitrogens with zero attached hydrogens (tertiary/aromatic N) is 2. The van der Waals surface area contributed by atoms with E-state index in [2.05, 4.69) is 40.3 Å². The Morgan fingerprint density at radius 2 is 1.86 bits per heavy atom. The summed E-state index contributed by atoms with van der Waals surface area (Å²) in [5, 5.41) is 10.9. The zero-order valence-electron chi connectivity index (χ0n) is 13.6. The second-order valence-corrected chi connectivity index (χ2v) is 7.68. The molecule has 3 rings (SSSR count). The number of piperidine rings is 1. The molecule has 0 spiro atoms. The molecule has 2 aliphatic rings. The third kappa shape index (κ3) is 4.05. The van der Waals surface area contributed by atoms with Crippen molar-refractivity contribution in [1.29, 1.82) is 0 Å². The van der Waals surface area contributed by atoms with Crippen molar-refractivity contribution in [1.82, 2.24) is 9.80 Å². The van der Waals surface area contributed by atoms with E-state index in [4.69, 9.17) is 0 Å². The fourth-order valence-corrected chi connectivity index (χ4v) is 4.42. The molecule has 1 atom stereocenters. The van der Waals surface area contributed by atoms with E-state index >= 15 is 0 Å². The molecule has 0 aliphatic carbocycles. The number of thioether (sulfide) groups is 1. The van der Waals surface area contributed by atoms with Crippen LogP contribution in [0, 0.1) is 0 Å². The maximum absolute atomic E-state index is 10.9. The normalized spacial score (nSPS) is 27.4. The lowest BCUT2D eigenvalue weighted by Gasteiger charge is -2.33. The maximum atomic E-state index is 10.9. The molecule has 1 N–H and O–H groups in total. The van der Waals surface area contributed by atoms with E-state index < -0.39 is 5.60 Å². The predicted molar refractivity (Wildman–Crippen MR) is 93.4 cm³/mol. The number of aliphatic hydroxyl groups is 1. The van der Waals surface area contributed by atoms with Gasteiger partial charge in [0.05, 0.1) is 5.60 Å². The van der Waals surface area contributed by atoms with Gasteiger partial charge in [-0.1, -0.05) is 24.6 Å². The first-order chi connectivity index (χ1) is 10.7. The van der Waals surface area contributed by atoms with E-state index in [0.717, 1.165) is 45.7 Å². The van der Waals surface area contributed by atoms with E-state index in [9.17, 15) is 5.11 Å². The van der Waals surface area contributed by atoms with Gasteiger partial charge in [-0.3, -0.25) is 4.90 Å². The molecular formula is C18H28N2OS. The number of likely N-dealkylation sites (tertiary alicyclic amines) is 2. The van der Waals surface area contributed by atoms with Crippen LogP contribution >= 0.6 is 11.8 Å². The third-order valence-electron chi connectivity index (χ3n) is 4.96. The van der Waals surface area contributed by atoms with Crippen LogP contribution in [0.3, 0.4) is 0 Å². The lowest BCUT2D eigenvalue weighted by atomic mass is 10.0. The van der Waals surface area contributed by atoms with Gasteiger partial charge >= 0.3 is 0 Å². The molecule has 0 bridgehead atoms. The zero-order valence-corrected chi connectivity index (χ0v) is 14.4. The molecule has 2 saturated heterocycles. The zero-order chi connectivity index (χ0) is 15.4. The minimum Gasteiger partial charge on any atom is -0.387 e. The van der Waals surface area contributed by atoms with Crippen molar-refractivity contribution in [2.24, 2.45) is 0 Å². The average molecular weight is 321 g/mol. The first kappa shape index (κ1) is 16.3. The number of β-amino-alcohol motifs (C(OH)–C–C–N with tert-alkyl or cyclic N) is 1. The lowest BCUT2D eigenvalue weighted by molar-refractivity contribution is 0.00630. The van der Waals surface area contributed by atoms with Crippen LogP contribution in [0.15, 0.2) is 29.2 Å².